The van der Waals surface area contributed by atoms with E-state index in [4.69, 9.17) is 37.4 Å². The lowest BCUT2D eigenvalue weighted by Crippen LogP contribution is -1.98. The number of hydrogen-bond acceptors (Lipinski definition) is 4. The number of ether oxygens (including phenoxy) is 3. The van der Waals surface area contributed by atoms with Gasteiger partial charge in [-0.2, -0.15) is 0 Å². The molecule has 3 aromatic rings. The van der Waals surface area contributed by atoms with E-state index >= 15 is 0 Å². The molecule has 4 nitrogen and oxygen atoms in total. The largest absolute Gasteiger partial charge is 0.497 e. The van der Waals surface area contributed by atoms with Crippen molar-refractivity contribution >= 4 is 35.1 Å². The molecule has 0 aromatic heterocycles. The third-order valence-electron chi connectivity index (χ3n) is 4.50. The van der Waals surface area contributed by atoms with Crippen LogP contribution in [0.4, 0.5) is 0 Å². The molecule has 1 aliphatic heterocycles. The highest BCUT2D eigenvalue weighted by molar-refractivity contribution is 6.35. The highest BCUT2D eigenvalue weighted by Crippen LogP contribution is 2.35. The average molecular weight is 427 g/mol. The summed E-state index contributed by atoms with van der Waals surface area (Å²) in [5.41, 5.74) is 2.04. The van der Waals surface area contributed by atoms with Crippen LogP contribution in [0.5, 0.6) is 17.2 Å². The molecule has 0 aliphatic carbocycles. The molecule has 3 aromatic carbocycles. The lowest BCUT2D eigenvalue weighted by Gasteiger charge is -2.10. The first-order valence-electron chi connectivity index (χ1n) is 8.83. The summed E-state index contributed by atoms with van der Waals surface area (Å²) < 4.78 is 16.7. The number of benzene rings is 3. The number of methoxy groups -OCH3 is 1. The Balaban J connectivity index is 1.51. The molecule has 0 atom stereocenters. The van der Waals surface area contributed by atoms with Gasteiger partial charge in [-0.15, -0.1) is 0 Å². The minimum atomic E-state index is -0.170. The van der Waals surface area contributed by atoms with Crippen molar-refractivity contribution < 1.29 is 19.0 Å². The van der Waals surface area contributed by atoms with Crippen LogP contribution >= 0.6 is 23.2 Å². The molecular formula is C23H16Cl2O4. The fourth-order valence-corrected chi connectivity index (χ4v) is 3.44. The van der Waals surface area contributed by atoms with Crippen molar-refractivity contribution in [2.45, 2.75) is 6.61 Å². The van der Waals surface area contributed by atoms with Gasteiger partial charge in [0.15, 0.2) is 5.76 Å². The van der Waals surface area contributed by atoms with Gasteiger partial charge >= 0.3 is 0 Å². The van der Waals surface area contributed by atoms with E-state index in [0.29, 0.717) is 32.7 Å². The first-order valence-corrected chi connectivity index (χ1v) is 9.59. The van der Waals surface area contributed by atoms with Gasteiger partial charge in [0, 0.05) is 21.7 Å². The van der Waals surface area contributed by atoms with Gasteiger partial charge in [-0.3, -0.25) is 4.79 Å². The number of carbonyl (C=O) groups excluding carboxylic acids is 1. The van der Waals surface area contributed by atoms with E-state index in [0.717, 1.165) is 11.3 Å². The van der Waals surface area contributed by atoms with E-state index in [-0.39, 0.29) is 18.1 Å². The number of allylic oxidation sites excluding steroid dienone is 1. The molecule has 0 bridgehead atoms. The predicted molar refractivity (Wildman–Crippen MR) is 113 cm³/mol. The fourth-order valence-electron chi connectivity index (χ4n) is 2.93. The Morgan fingerprint density at radius 3 is 2.34 bits per heavy atom. The summed E-state index contributed by atoms with van der Waals surface area (Å²) in [5, 5.41) is 1.07. The summed E-state index contributed by atoms with van der Waals surface area (Å²) in [5.74, 6) is 1.85. The number of fused-ring (bicyclic) bond motifs is 1. The Morgan fingerprint density at radius 2 is 1.66 bits per heavy atom. The summed E-state index contributed by atoms with van der Waals surface area (Å²) in [6.45, 7) is 0.208. The fraction of sp³-hybridized carbons (Fsp3) is 0.0870. The standard InChI is InChI=1S/C23H16Cl2O4/c1-27-15-7-5-14(6-8-15)11-22-23(26)17-10-9-16(12-21(17)29-22)28-13-18-19(24)3-2-4-20(18)25/h2-12H,13H2,1H3. The van der Waals surface area contributed by atoms with Crippen LogP contribution in [0.3, 0.4) is 0 Å². The van der Waals surface area contributed by atoms with Crippen molar-refractivity contribution in [3.05, 3.63) is 93.2 Å². The van der Waals surface area contributed by atoms with Gasteiger partial charge in [0.2, 0.25) is 5.78 Å². The molecule has 0 N–H and O–H groups in total. The van der Waals surface area contributed by atoms with Crippen LogP contribution in [-0.2, 0) is 6.61 Å². The molecule has 0 spiro atoms. The predicted octanol–water partition coefficient (Wildman–Crippen LogP) is 6.20. The molecule has 4 rings (SSSR count). The van der Waals surface area contributed by atoms with E-state index in [1.165, 1.54) is 0 Å². The summed E-state index contributed by atoms with van der Waals surface area (Å²) in [4.78, 5) is 12.6. The Kier molecular flexibility index (Phi) is 5.47. The molecule has 29 heavy (non-hydrogen) atoms. The maximum Gasteiger partial charge on any atom is 0.231 e. The molecule has 0 saturated heterocycles. The van der Waals surface area contributed by atoms with E-state index in [2.05, 4.69) is 0 Å². The summed E-state index contributed by atoms with van der Waals surface area (Å²) in [6, 6.07) is 17.7. The number of carbonyl (C=O) groups is 1. The summed E-state index contributed by atoms with van der Waals surface area (Å²) in [7, 11) is 1.60. The number of hydrogen-bond donors (Lipinski definition) is 0. The van der Waals surface area contributed by atoms with Crippen molar-refractivity contribution in [1.82, 2.24) is 0 Å². The molecule has 0 radical (unpaired) electrons. The van der Waals surface area contributed by atoms with Gasteiger partial charge in [0.1, 0.15) is 23.9 Å². The monoisotopic (exact) mass is 426 g/mol. The van der Waals surface area contributed by atoms with Crippen molar-refractivity contribution in [2.24, 2.45) is 0 Å². The first kappa shape index (κ1) is 19.4. The third kappa shape index (κ3) is 4.09. The Labute approximate surface area is 178 Å². The first-order chi connectivity index (χ1) is 14.0. The number of rotatable bonds is 5. The quantitative estimate of drug-likeness (QED) is 0.455. The molecule has 0 saturated carbocycles. The second kappa shape index (κ2) is 8.19. The zero-order valence-corrected chi connectivity index (χ0v) is 17.0. The summed E-state index contributed by atoms with van der Waals surface area (Å²) >= 11 is 12.3. The SMILES string of the molecule is COc1ccc(C=C2Oc3cc(OCc4c(Cl)cccc4Cl)ccc3C2=O)cc1. The van der Waals surface area contributed by atoms with Crippen molar-refractivity contribution in [2.75, 3.05) is 7.11 Å². The molecule has 146 valence electrons. The molecule has 0 unspecified atom stereocenters. The van der Waals surface area contributed by atoms with E-state index in [1.54, 1.807) is 49.6 Å². The van der Waals surface area contributed by atoms with Crippen molar-refractivity contribution in [3.63, 3.8) is 0 Å². The van der Waals surface area contributed by atoms with Crippen LogP contribution in [0.1, 0.15) is 21.5 Å². The molecule has 0 amide bonds. The van der Waals surface area contributed by atoms with E-state index < -0.39 is 0 Å². The van der Waals surface area contributed by atoms with Gasteiger partial charge in [0.25, 0.3) is 0 Å². The molecule has 1 aliphatic rings. The second-order valence-electron chi connectivity index (χ2n) is 6.36. The molecule has 0 fully saturated rings. The number of ketones is 1. The van der Waals surface area contributed by atoms with Gasteiger partial charge in [-0.1, -0.05) is 41.4 Å². The Morgan fingerprint density at radius 1 is 0.966 bits per heavy atom. The number of halogens is 2. The van der Waals surface area contributed by atoms with Crippen LogP contribution in [0.25, 0.3) is 6.08 Å². The maximum atomic E-state index is 12.6. The average Bonchev–Trinajstić information content (AvgIpc) is 3.03. The normalized spacial score (nSPS) is 13.9. The topological polar surface area (TPSA) is 44.8 Å². The van der Waals surface area contributed by atoms with Crippen LogP contribution in [0.2, 0.25) is 10.0 Å². The third-order valence-corrected chi connectivity index (χ3v) is 5.21. The lowest BCUT2D eigenvalue weighted by atomic mass is 10.1. The minimum Gasteiger partial charge on any atom is -0.497 e. The van der Waals surface area contributed by atoms with E-state index in [1.807, 2.05) is 24.3 Å². The van der Waals surface area contributed by atoms with Crippen molar-refractivity contribution in [3.8, 4) is 17.2 Å². The van der Waals surface area contributed by atoms with Crippen LogP contribution in [0, 0.1) is 0 Å². The Hall–Kier alpha value is -2.95. The lowest BCUT2D eigenvalue weighted by molar-refractivity contribution is 0.101. The molecular weight excluding hydrogens is 411 g/mol. The molecule has 6 heteroatoms. The maximum absolute atomic E-state index is 12.6. The van der Waals surface area contributed by atoms with Crippen LogP contribution in [-0.4, -0.2) is 12.9 Å². The second-order valence-corrected chi connectivity index (χ2v) is 7.17. The minimum absolute atomic E-state index is 0.170. The van der Waals surface area contributed by atoms with Gasteiger partial charge < -0.3 is 14.2 Å². The highest BCUT2D eigenvalue weighted by atomic mass is 35.5. The van der Waals surface area contributed by atoms with Gasteiger partial charge in [-0.25, -0.2) is 0 Å². The Bertz CT molecular complexity index is 1080. The molecule has 1 heterocycles. The van der Waals surface area contributed by atoms with Gasteiger partial charge in [0.05, 0.1) is 12.7 Å². The zero-order valence-electron chi connectivity index (χ0n) is 15.4. The summed E-state index contributed by atoms with van der Waals surface area (Å²) in [6.07, 6.45) is 1.70. The van der Waals surface area contributed by atoms with Gasteiger partial charge in [-0.05, 0) is 48.0 Å². The smallest absolute Gasteiger partial charge is 0.231 e. The number of Topliss-reactive ketones (excluding diaryl/α,β-unsaturated/α-hetero) is 1. The van der Waals surface area contributed by atoms with Crippen LogP contribution in [0.15, 0.2) is 66.4 Å². The zero-order chi connectivity index (χ0) is 20.4. The van der Waals surface area contributed by atoms with Crippen LogP contribution < -0.4 is 14.2 Å². The highest BCUT2D eigenvalue weighted by Gasteiger charge is 2.27. The van der Waals surface area contributed by atoms with Crippen molar-refractivity contribution in [1.29, 1.82) is 0 Å². The van der Waals surface area contributed by atoms with E-state index in [9.17, 15) is 4.79 Å².